The van der Waals surface area contributed by atoms with Gasteiger partial charge in [0.25, 0.3) is 0 Å². The molecule has 0 radical (unpaired) electrons. The fourth-order valence-corrected chi connectivity index (χ4v) is 13.1. The summed E-state index contributed by atoms with van der Waals surface area (Å²) in [5, 5.41) is 10.6. The van der Waals surface area contributed by atoms with E-state index in [4.69, 9.17) is 37.0 Å². The van der Waals surface area contributed by atoms with Gasteiger partial charge in [-0.3, -0.25) is 37.3 Å². The van der Waals surface area contributed by atoms with Gasteiger partial charge >= 0.3 is 39.5 Å². The summed E-state index contributed by atoms with van der Waals surface area (Å²) >= 11 is 0. The molecule has 94 heavy (non-hydrogen) atoms. The molecule has 0 heterocycles. The third kappa shape index (κ3) is 68.6. The first-order valence-corrected chi connectivity index (χ1v) is 42.1. The lowest BCUT2D eigenvalue weighted by Crippen LogP contribution is -2.30. The van der Waals surface area contributed by atoms with E-state index in [0.29, 0.717) is 31.6 Å². The second-order valence-electron chi connectivity index (χ2n) is 27.5. The lowest BCUT2D eigenvalue weighted by atomic mass is 10.0. The fraction of sp³-hybridized carbons (Fsp3) is 0.947. The van der Waals surface area contributed by atoms with Crippen molar-refractivity contribution < 1.29 is 80.2 Å². The molecule has 0 aromatic heterocycles. The van der Waals surface area contributed by atoms with Crippen LogP contribution in [0.15, 0.2) is 0 Å². The van der Waals surface area contributed by atoms with Crippen LogP contribution in [0.2, 0.25) is 0 Å². The molecule has 0 fully saturated rings. The average molecular weight is 1380 g/mol. The lowest BCUT2D eigenvalue weighted by Gasteiger charge is -2.21. The molecule has 0 aromatic carbocycles. The summed E-state index contributed by atoms with van der Waals surface area (Å²) in [5.74, 6) is -1.44. The lowest BCUT2D eigenvalue weighted by molar-refractivity contribution is -0.161. The highest BCUT2D eigenvalue weighted by Crippen LogP contribution is 2.45. The Morgan fingerprint density at radius 1 is 0.287 bits per heavy atom. The van der Waals surface area contributed by atoms with Crippen molar-refractivity contribution in [3.63, 3.8) is 0 Å². The van der Waals surface area contributed by atoms with Gasteiger partial charge in [-0.1, -0.05) is 343 Å². The van der Waals surface area contributed by atoms with E-state index in [1.807, 2.05) is 0 Å². The zero-order valence-electron chi connectivity index (χ0n) is 61.1. The van der Waals surface area contributed by atoms with Crippen LogP contribution < -0.4 is 0 Å². The minimum Gasteiger partial charge on any atom is -0.462 e. The third-order valence-corrected chi connectivity index (χ3v) is 19.4. The first-order chi connectivity index (χ1) is 45.5. The SMILES string of the molecule is CCCCCCCCCCCCCCCCCCCCCCC(=O)O[C@H](COC(=O)CCCCCCCCCCCCCCCCC)COP(=O)(O)OC[C@@H](O)COP(=O)(O)OC[C@@H](COC(=O)CCCCCCCCC(C)C)OC(=O)CCCCCCCCCCCC. The normalized spacial score (nSPS) is 14.0. The van der Waals surface area contributed by atoms with Gasteiger partial charge in [0.1, 0.15) is 19.3 Å². The molecule has 3 N–H and O–H groups in total. The largest absolute Gasteiger partial charge is 0.472 e. The zero-order chi connectivity index (χ0) is 69.1. The Hall–Kier alpha value is -1.94. The van der Waals surface area contributed by atoms with Crippen LogP contribution >= 0.6 is 15.6 Å². The van der Waals surface area contributed by atoms with Crippen molar-refractivity contribution in [1.29, 1.82) is 0 Å². The molecule has 0 saturated heterocycles. The number of carbonyl (C=O) groups is 4. The van der Waals surface area contributed by atoms with Crippen LogP contribution in [0, 0.1) is 5.92 Å². The average Bonchev–Trinajstić information content (AvgIpc) is 1.26. The summed E-state index contributed by atoms with van der Waals surface area (Å²) in [6.07, 6.45) is 57.1. The number of carbonyl (C=O) groups excluding carboxylic acids is 4. The third-order valence-electron chi connectivity index (χ3n) is 17.5. The van der Waals surface area contributed by atoms with Crippen molar-refractivity contribution in [3.8, 4) is 0 Å². The summed E-state index contributed by atoms with van der Waals surface area (Å²) in [6.45, 7) is 7.19. The van der Waals surface area contributed by atoms with Gasteiger partial charge in [0.05, 0.1) is 26.4 Å². The fourth-order valence-electron chi connectivity index (χ4n) is 11.5. The summed E-state index contributed by atoms with van der Waals surface area (Å²) in [4.78, 5) is 72.7. The van der Waals surface area contributed by atoms with Crippen molar-refractivity contribution in [2.75, 3.05) is 39.6 Å². The van der Waals surface area contributed by atoms with Crippen molar-refractivity contribution >= 4 is 39.5 Å². The molecule has 0 aromatic rings. The molecule has 19 heteroatoms. The van der Waals surface area contributed by atoms with E-state index in [-0.39, 0.29) is 25.7 Å². The van der Waals surface area contributed by atoms with Crippen molar-refractivity contribution in [2.45, 2.75) is 412 Å². The first-order valence-electron chi connectivity index (χ1n) is 39.1. The Balaban J connectivity index is 5.19. The molecular weight excluding hydrogens is 1230 g/mol. The van der Waals surface area contributed by atoms with Crippen LogP contribution in [0.3, 0.4) is 0 Å². The second kappa shape index (κ2) is 68.2. The molecule has 0 aliphatic rings. The molecule has 0 spiro atoms. The van der Waals surface area contributed by atoms with Gasteiger partial charge in [0.15, 0.2) is 12.2 Å². The Labute approximate surface area is 575 Å². The van der Waals surface area contributed by atoms with Gasteiger partial charge in [-0.25, -0.2) is 9.13 Å². The summed E-state index contributed by atoms with van der Waals surface area (Å²) in [5.41, 5.74) is 0. The van der Waals surface area contributed by atoms with E-state index in [2.05, 4.69) is 34.6 Å². The summed E-state index contributed by atoms with van der Waals surface area (Å²) in [6, 6.07) is 0. The minimum absolute atomic E-state index is 0.106. The predicted molar refractivity (Wildman–Crippen MR) is 382 cm³/mol. The predicted octanol–water partition coefficient (Wildman–Crippen LogP) is 22.1. The first kappa shape index (κ1) is 92.1. The van der Waals surface area contributed by atoms with Crippen molar-refractivity contribution in [1.82, 2.24) is 0 Å². The molecule has 0 bridgehead atoms. The number of aliphatic hydroxyl groups excluding tert-OH is 1. The molecule has 2 unspecified atom stereocenters. The molecule has 0 rings (SSSR count). The standard InChI is InChI=1S/C75H146O17P2/c1-6-9-12-15-18-21-24-26-28-29-30-31-32-34-36-38-41-44-51-56-61-75(80)91-70(64-85-72(77)58-53-48-42-40-37-35-33-27-25-22-19-16-13-10-7-2)66-89-93(81,82)87-62-69(76)63-88-94(83,84)90-67-71(65-86-73(78)59-54-49-46-45-47-52-57-68(4)5)92-74(79)60-55-50-43-39-23-20-17-14-11-8-3/h68-71,76H,6-67H2,1-5H3,(H,81,82)(H,83,84)/t69-,70-,71-/m1/s1. The number of esters is 4. The molecule has 5 atom stereocenters. The van der Waals surface area contributed by atoms with E-state index < -0.39 is 97.5 Å². The maximum absolute atomic E-state index is 13.1. The van der Waals surface area contributed by atoms with Crippen molar-refractivity contribution in [2.24, 2.45) is 5.92 Å². The van der Waals surface area contributed by atoms with E-state index in [1.54, 1.807) is 0 Å². The molecule has 0 aliphatic heterocycles. The zero-order valence-corrected chi connectivity index (χ0v) is 62.9. The topological polar surface area (TPSA) is 237 Å². The van der Waals surface area contributed by atoms with Crippen LogP contribution in [0.4, 0.5) is 0 Å². The number of rotatable bonds is 75. The molecule has 558 valence electrons. The number of hydrogen-bond acceptors (Lipinski definition) is 15. The number of phosphoric acid groups is 2. The van der Waals surface area contributed by atoms with Crippen LogP contribution in [0.1, 0.15) is 394 Å². The Kier molecular flexibility index (Phi) is 66.8. The van der Waals surface area contributed by atoms with Crippen LogP contribution in [0.25, 0.3) is 0 Å². The van der Waals surface area contributed by atoms with Crippen LogP contribution in [-0.4, -0.2) is 96.7 Å². The Morgan fingerprint density at radius 2 is 0.489 bits per heavy atom. The minimum atomic E-state index is -4.96. The quantitative estimate of drug-likeness (QED) is 0.0222. The highest BCUT2D eigenvalue weighted by Gasteiger charge is 2.30. The molecule has 0 amide bonds. The van der Waals surface area contributed by atoms with Gasteiger partial charge < -0.3 is 33.8 Å². The van der Waals surface area contributed by atoms with Gasteiger partial charge in [0, 0.05) is 25.7 Å². The smallest absolute Gasteiger partial charge is 0.462 e. The molecular formula is C75H146O17P2. The molecule has 0 saturated carbocycles. The Morgan fingerprint density at radius 3 is 0.723 bits per heavy atom. The van der Waals surface area contributed by atoms with E-state index >= 15 is 0 Å². The highest BCUT2D eigenvalue weighted by atomic mass is 31.2. The number of unbranched alkanes of at least 4 members (excludes halogenated alkanes) is 47. The van der Waals surface area contributed by atoms with E-state index in [0.717, 1.165) is 96.3 Å². The van der Waals surface area contributed by atoms with Crippen LogP contribution in [-0.2, 0) is 65.4 Å². The molecule has 17 nitrogen and oxygen atoms in total. The van der Waals surface area contributed by atoms with Gasteiger partial charge in [-0.2, -0.15) is 0 Å². The molecule has 0 aliphatic carbocycles. The summed E-state index contributed by atoms with van der Waals surface area (Å²) in [7, 11) is -9.90. The second-order valence-corrected chi connectivity index (χ2v) is 30.4. The maximum atomic E-state index is 13.1. The van der Waals surface area contributed by atoms with Crippen LogP contribution in [0.5, 0.6) is 0 Å². The summed E-state index contributed by atoms with van der Waals surface area (Å²) < 4.78 is 68.4. The van der Waals surface area contributed by atoms with Gasteiger partial charge in [-0.05, 0) is 31.6 Å². The monoisotopic (exact) mass is 1380 g/mol. The number of phosphoric ester groups is 2. The number of hydrogen-bond donors (Lipinski definition) is 3. The van der Waals surface area contributed by atoms with Crippen molar-refractivity contribution in [3.05, 3.63) is 0 Å². The highest BCUT2D eigenvalue weighted by molar-refractivity contribution is 7.47. The number of ether oxygens (including phenoxy) is 4. The van der Waals surface area contributed by atoms with E-state index in [1.165, 1.54) is 212 Å². The number of aliphatic hydroxyl groups is 1. The van der Waals surface area contributed by atoms with Gasteiger partial charge in [-0.15, -0.1) is 0 Å². The maximum Gasteiger partial charge on any atom is 0.472 e. The van der Waals surface area contributed by atoms with E-state index in [9.17, 15) is 43.2 Å². The Bertz CT molecular complexity index is 1810. The van der Waals surface area contributed by atoms with Gasteiger partial charge in [0.2, 0.25) is 0 Å².